The van der Waals surface area contributed by atoms with Crippen LogP contribution in [-0.4, -0.2) is 46.9 Å². The second-order valence-electron chi connectivity index (χ2n) is 5.86. The number of hydrogen-bond acceptors (Lipinski definition) is 6. The molecule has 7 heteroatoms. The Kier molecular flexibility index (Phi) is 7.54. The second kappa shape index (κ2) is 10.1. The van der Waals surface area contributed by atoms with Crippen LogP contribution in [0.25, 0.3) is 0 Å². The number of nitrogens with zero attached hydrogens (tertiary/aromatic N) is 3. The van der Waals surface area contributed by atoms with Crippen molar-refractivity contribution in [1.82, 2.24) is 14.9 Å². The first-order valence-electron chi connectivity index (χ1n) is 8.50. The number of carbonyl (C=O) groups excluding carboxylic acids is 2. The van der Waals surface area contributed by atoms with Gasteiger partial charge in [-0.25, -0.2) is 9.97 Å². The van der Waals surface area contributed by atoms with Crippen LogP contribution in [0.5, 0.6) is 0 Å². The highest BCUT2D eigenvalue weighted by Crippen LogP contribution is 2.12. The van der Waals surface area contributed by atoms with Crippen molar-refractivity contribution in [3.05, 3.63) is 53.9 Å². The zero-order valence-electron chi connectivity index (χ0n) is 15.1. The predicted molar refractivity (Wildman–Crippen MR) is 98.4 cm³/mol. The van der Waals surface area contributed by atoms with Gasteiger partial charge in [0.1, 0.15) is 6.54 Å². The molecule has 1 aromatic carbocycles. The SMILES string of the molecule is COC(=O)CN(Cc1ccccc1C)C(=O)CCCNc1ncccn1. The molecule has 0 spiro atoms. The monoisotopic (exact) mass is 356 g/mol. The molecule has 2 aromatic rings. The molecule has 7 nitrogen and oxygen atoms in total. The van der Waals surface area contributed by atoms with E-state index in [0.717, 1.165) is 11.1 Å². The molecule has 0 aliphatic carbocycles. The van der Waals surface area contributed by atoms with E-state index in [-0.39, 0.29) is 12.5 Å². The lowest BCUT2D eigenvalue weighted by molar-refractivity contribution is -0.147. The molecule has 26 heavy (non-hydrogen) atoms. The Morgan fingerprint density at radius 1 is 1.15 bits per heavy atom. The summed E-state index contributed by atoms with van der Waals surface area (Å²) in [6.45, 7) is 2.89. The molecule has 1 amide bonds. The zero-order chi connectivity index (χ0) is 18.8. The molecule has 138 valence electrons. The van der Waals surface area contributed by atoms with Gasteiger partial charge in [-0.15, -0.1) is 0 Å². The summed E-state index contributed by atoms with van der Waals surface area (Å²) in [7, 11) is 1.32. The van der Waals surface area contributed by atoms with Gasteiger partial charge in [0.25, 0.3) is 0 Å². The van der Waals surface area contributed by atoms with Crippen molar-refractivity contribution in [3.63, 3.8) is 0 Å². The molecular formula is C19H24N4O3. The number of ether oxygens (including phenoxy) is 1. The third-order valence-electron chi connectivity index (χ3n) is 3.94. The van der Waals surface area contributed by atoms with Crippen molar-refractivity contribution in [2.24, 2.45) is 0 Å². The van der Waals surface area contributed by atoms with Gasteiger partial charge in [-0.2, -0.15) is 0 Å². The van der Waals surface area contributed by atoms with Crippen LogP contribution in [0, 0.1) is 6.92 Å². The quantitative estimate of drug-likeness (QED) is 0.548. The topological polar surface area (TPSA) is 84.4 Å². The van der Waals surface area contributed by atoms with Gasteiger partial charge < -0.3 is 15.0 Å². The average Bonchev–Trinajstić information content (AvgIpc) is 2.66. The lowest BCUT2D eigenvalue weighted by Gasteiger charge is -2.22. The fourth-order valence-corrected chi connectivity index (χ4v) is 2.43. The van der Waals surface area contributed by atoms with E-state index in [4.69, 9.17) is 4.74 Å². The largest absolute Gasteiger partial charge is 0.468 e. The van der Waals surface area contributed by atoms with Crippen LogP contribution in [0.4, 0.5) is 5.95 Å². The minimum Gasteiger partial charge on any atom is -0.468 e. The van der Waals surface area contributed by atoms with E-state index in [1.807, 2.05) is 31.2 Å². The zero-order valence-corrected chi connectivity index (χ0v) is 15.1. The maximum Gasteiger partial charge on any atom is 0.325 e. The average molecular weight is 356 g/mol. The van der Waals surface area contributed by atoms with Crippen LogP contribution in [0.1, 0.15) is 24.0 Å². The summed E-state index contributed by atoms with van der Waals surface area (Å²) in [5.41, 5.74) is 2.10. The van der Waals surface area contributed by atoms with Crippen molar-refractivity contribution in [2.75, 3.05) is 25.5 Å². The number of aromatic nitrogens is 2. The van der Waals surface area contributed by atoms with Crippen LogP contribution in [-0.2, 0) is 20.9 Å². The van der Waals surface area contributed by atoms with Crippen LogP contribution < -0.4 is 5.32 Å². The molecular weight excluding hydrogens is 332 g/mol. The number of esters is 1. The van der Waals surface area contributed by atoms with Gasteiger partial charge in [-0.3, -0.25) is 9.59 Å². The third-order valence-corrected chi connectivity index (χ3v) is 3.94. The number of amides is 1. The van der Waals surface area contributed by atoms with Crippen molar-refractivity contribution in [1.29, 1.82) is 0 Å². The fraction of sp³-hybridized carbons (Fsp3) is 0.368. The third kappa shape index (κ3) is 6.16. The van der Waals surface area contributed by atoms with E-state index in [1.54, 1.807) is 18.5 Å². The first-order valence-corrected chi connectivity index (χ1v) is 8.50. The van der Waals surface area contributed by atoms with Gasteiger partial charge in [0.05, 0.1) is 7.11 Å². The van der Waals surface area contributed by atoms with Crippen molar-refractivity contribution in [3.8, 4) is 0 Å². The summed E-state index contributed by atoms with van der Waals surface area (Å²) >= 11 is 0. The molecule has 0 saturated heterocycles. The standard InChI is InChI=1S/C19H24N4O3/c1-15-7-3-4-8-16(15)13-23(14-18(25)26-2)17(24)9-5-10-20-19-21-11-6-12-22-19/h3-4,6-8,11-12H,5,9-10,13-14H2,1-2H3,(H,20,21,22). The smallest absolute Gasteiger partial charge is 0.325 e. The number of carbonyl (C=O) groups is 2. The van der Waals surface area contributed by atoms with Gasteiger partial charge in [0.15, 0.2) is 0 Å². The van der Waals surface area contributed by atoms with E-state index in [2.05, 4.69) is 15.3 Å². The molecule has 0 atom stereocenters. The van der Waals surface area contributed by atoms with Crippen molar-refractivity contribution < 1.29 is 14.3 Å². The first kappa shape index (κ1) is 19.4. The number of rotatable bonds is 9. The minimum absolute atomic E-state index is 0.0567. The minimum atomic E-state index is -0.428. The van der Waals surface area contributed by atoms with Gasteiger partial charge >= 0.3 is 5.97 Å². The number of nitrogens with one attached hydrogen (secondary N) is 1. The Balaban J connectivity index is 1.90. The number of benzene rings is 1. The predicted octanol–water partition coefficient (Wildman–Crippen LogP) is 2.18. The molecule has 1 aromatic heterocycles. The summed E-state index contributed by atoms with van der Waals surface area (Å²) in [6.07, 6.45) is 4.24. The van der Waals surface area contributed by atoms with E-state index in [9.17, 15) is 9.59 Å². The molecule has 0 saturated carbocycles. The Morgan fingerprint density at radius 2 is 1.88 bits per heavy atom. The molecule has 2 rings (SSSR count). The van der Waals surface area contributed by atoms with Crippen LogP contribution in [0.15, 0.2) is 42.7 Å². The van der Waals surface area contributed by atoms with Gasteiger partial charge in [-0.1, -0.05) is 24.3 Å². The molecule has 0 bridgehead atoms. The maximum absolute atomic E-state index is 12.6. The first-order chi connectivity index (χ1) is 12.6. The van der Waals surface area contributed by atoms with Crippen molar-refractivity contribution >= 4 is 17.8 Å². The molecule has 0 aliphatic rings. The highest BCUT2D eigenvalue weighted by atomic mass is 16.5. The van der Waals surface area contributed by atoms with Crippen LogP contribution in [0.2, 0.25) is 0 Å². The number of aryl methyl sites for hydroxylation is 1. The van der Waals surface area contributed by atoms with Crippen LogP contribution in [0.3, 0.4) is 0 Å². The Labute approximate surface area is 153 Å². The Hall–Kier alpha value is -2.96. The highest BCUT2D eigenvalue weighted by Gasteiger charge is 2.18. The van der Waals surface area contributed by atoms with Gasteiger partial charge in [0, 0.05) is 31.9 Å². The summed E-state index contributed by atoms with van der Waals surface area (Å²) in [5, 5.41) is 3.07. The Bertz CT molecular complexity index is 722. The summed E-state index contributed by atoms with van der Waals surface area (Å²) in [4.78, 5) is 33.9. The molecule has 0 aliphatic heterocycles. The van der Waals surface area contributed by atoms with E-state index in [0.29, 0.717) is 31.9 Å². The molecule has 0 radical (unpaired) electrons. The number of hydrogen-bond donors (Lipinski definition) is 1. The van der Waals surface area contributed by atoms with Crippen molar-refractivity contribution in [2.45, 2.75) is 26.3 Å². The molecule has 1 heterocycles. The summed E-state index contributed by atoms with van der Waals surface area (Å²) in [6, 6.07) is 9.56. The highest BCUT2D eigenvalue weighted by molar-refractivity contribution is 5.82. The number of methoxy groups -OCH3 is 1. The molecule has 1 N–H and O–H groups in total. The summed E-state index contributed by atoms with van der Waals surface area (Å²) in [5.74, 6) is 0.0171. The maximum atomic E-state index is 12.6. The number of anilines is 1. The normalized spacial score (nSPS) is 10.2. The van der Waals surface area contributed by atoms with E-state index >= 15 is 0 Å². The lowest BCUT2D eigenvalue weighted by Crippen LogP contribution is -2.36. The molecule has 0 fully saturated rings. The van der Waals surface area contributed by atoms with Crippen LogP contribution >= 0.6 is 0 Å². The Morgan fingerprint density at radius 3 is 2.58 bits per heavy atom. The fourth-order valence-electron chi connectivity index (χ4n) is 2.43. The van der Waals surface area contributed by atoms with Gasteiger partial charge in [0.2, 0.25) is 11.9 Å². The van der Waals surface area contributed by atoms with E-state index in [1.165, 1.54) is 12.0 Å². The lowest BCUT2D eigenvalue weighted by atomic mass is 10.1. The second-order valence-corrected chi connectivity index (χ2v) is 5.86. The molecule has 0 unspecified atom stereocenters. The van der Waals surface area contributed by atoms with E-state index < -0.39 is 5.97 Å². The van der Waals surface area contributed by atoms with Gasteiger partial charge in [-0.05, 0) is 30.5 Å². The summed E-state index contributed by atoms with van der Waals surface area (Å²) < 4.78 is 4.72.